The van der Waals surface area contributed by atoms with Crippen molar-refractivity contribution in [2.24, 2.45) is 0 Å². The van der Waals surface area contributed by atoms with Crippen molar-refractivity contribution in [1.29, 1.82) is 0 Å². The highest BCUT2D eigenvalue weighted by molar-refractivity contribution is 6.33. The van der Waals surface area contributed by atoms with Gasteiger partial charge in [-0.3, -0.25) is 9.59 Å². The van der Waals surface area contributed by atoms with Crippen LogP contribution in [-0.4, -0.2) is 46.8 Å². The number of hydrogen-bond acceptors (Lipinski definition) is 6. The van der Waals surface area contributed by atoms with Crippen molar-refractivity contribution >= 4 is 34.2 Å². The third-order valence-corrected chi connectivity index (χ3v) is 6.04. The van der Waals surface area contributed by atoms with Gasteiger partial charge in [0.15, 0.2) is 0 Å². The Balaban J connectivity index is 1.34. The van der Waals surface area contributed by atoms with Crippen LogP contribution >= 0.6 is 11.6 Å². The molecule has 1 fully saturated rings. The molecule has 1 amide bonds. The van der Waals surface area contributed by atoms with Crippen LogP contribution in [0.1, 0.15) is 10.4 Å². The Hall–Kier alpha value is -3.91. The Morgan fingerprint density at radius 2 is 1.64 bits per heavy atom. The number of anilines is 1. The largest absolute Gasteiger partial charge is 0.422 e. The molecule has 166 valence electrons. The van der Waals surface area contributed by atoms with Crippen molar-refractivity contribution < 1.29 is 9.21 Å². The predicted octanol–water partition coefficient (Wildman–Crippen LogP) is 2.95. The summed E-state index contributed by atoms with van der Waals surface area (Å²) in [5, 5.41) is 5.03. The second-order valence-electron chi connectivity index (χ2n) is 7.66. The minimum atomic E-state index is -0.655. The molecule has 0 atom stereocenters. The first-order chi connectivity index (χ1) is 16.0. The first kappa shape index (κ1) is 21.0. The standard InChI is InChI=1S/C24H19ClN4O4/c25-21-19(15-26-29(23(21)31)17-7-2-1-3-8-17)27-10-12-28(13-11-27)22(30)18-14-16-6-4-5-9-20(16)33-24(18)32/h1-9,14-15H,10-13H2. The number of para-hydroxylation sites is 2. The van der Waals surface area contributed by atoms with E-state index < -0.39 is 11.2 Å². The van der Waals surface area contributed by atoms with Gasteiger partial charge in [-0.25, -0.2) is 4.79 Å². The zero-order valence-corrected chi connectivity index (χ0v) is 18.2. The van der Waals surface area contributed by atoms with Crippen LogP contribution in [0.4, 0.5) is 5.69 Å². The molecule has 33 heavy (non-hydrogen) atoms. The average molecular weight is 463 g/mol. The summed E-state index contributed by atoms with van der Waals surface area (Å²) in [4.78, 5) is 41.6. The maximum Gasteiger partial charge on any atom is 0.349 e. The number of piperazine rings is 1. The molecule has 0 spiro atoms. The summed E-state index contributed by atoms with van der Waals surface area (Å²) >= 11 is 6.40. The molecular weight excluding hydrogens is 444 g/mol. The summed E-state index contributed by atoms with van der Waals surface area (Å²) in [6.07, 6.45) is 1.56. The maximum absolute atomic E-state index is 13.0. The van der Waals surface area contributed by atoms with Gasteiger partial charge in [-0.05, 0) is 24.3 Å². The number of nitrogens with zero attached hydrogens (tertiary/aromatic N) is 4. The Bertz CT molecular complexity index is 1460. The van der Waals surface area contributed by atoms with Gasteiger partial charge in [0.05, 0.1) is 17.6 Å². The van der Waals surface area contributed by atoms with Crippen molar-refractivity contribution in [1.82, 2.24) is 14.7 Å². The van der Waals surface area contributed by atoms with Crippen LogP contribution < -0.4 is 16.1 Å². The van der Waals surface area contributed by atoms with E-state index in [0.717, 1.165) is 0 Å². The van der Waals surface area contributed by atoms with Crippen LogP contribution in [0, 0.1) is 0 Å². The highest BCUT2D eigenvalue weighted by atomic mass is 35.5. The third kappa shape index (κ3) is 3.89. The number of hydrogen-bond donors (Lipinski definition) is 0. The van der Waals surface area contributed by atoms with E-state index in [-0.39, 0.29) is 16.5 Å². The van der Waals surface area contributed by atoms with Gasteiger partial charge in [-0.15, -0.1) is 0 Å². The lowest BCUT2D eigenvalue weighted by Gasteiger charge is -2.36. The van der Waals surface area contributed by atoms with Crippen LogP contribution in [0.5, 0.6) is 0 Å². The lowest BCUT2D eigenvalue weighted by atomic mass is 10.1. The highest BCUT2D eigenvalue weighted by Gasteiger charge is 2.27. The molecule has 0 bridgehead atoms. The van der Waals surface area contributed by atoms with Crippen molar-refractivity contribution in [3.8, 4) is 5.69 Å². The first-order valence-electron chi connectivity index (χ1n) is 10.4. The van der Waals surface area contributed by atoms with E-state index >= 15 is 0 Å². The maximum atomic E-state index is 13.0. The van der Waals surface area contributed by atoms with Crippen molar-refractivity contribution in [2.75, 3.05) is 31.1 Å². The normalized spacial score (nSPS) is 14.0. The molecule has 2 aromatic carbocycles. The molecule has 0 unspecified atom stereocenters. The molecule has 0 aliphatic carbocycles. The molecule has 2 aromatic heterocycles. The van der Waals surface area contributed by atoms with E-state index in [1.54, 1.807) is 47.5 Å². The fourth-order valence-corrected chi connectivity index (χ4v) is 4.18. The van der Waals surface area contributed by atoms with E-state index in [1.165, 1.54) is 4.68 Å². The second-order valence-corrected chi connectivity index (χ2v) is 8.04. The van der Waals surface area contributed by atoms with Gasteiger partial charge in [-0.2, -0.15) is 9.78 Å². The minimum absolute atomic E-state index is 0.00677. The smallest absolute Gasteiger partial charge is 0.349 e. The molecule has 3 heterocycles. The summed E-state index contributed by atoms with van der Waals surface area (Å²) in [7, 11) is 0. The molecule has 4 aromatic rings. The molecule has 1 aliphatic heterocycles. The Morgan fingerprint density at radius 1 is 0.939 bits per heavy atom. The summed E-state index contributed by atoms with van der Waals surface area (Å²) in [5.74, 6) is -0.377. The Labute approximate surface area is 193 Å². The molecule has 8 nitrogen and oxygen atoms in total. The van der Waals surface area contributed by atoms with E-state index in [2.05, 4.69) is 5.10 Å². The molecule has 1 saturated heterocycles. The molecule has 5 rings (SSSR count). The monoisotopic (exact) mass is 462 g/mol. The van der Waals surface area contributed by atoms with Gasteiger partial charge < -0.3 is 14.2 Å². The fourth-order valence-electron chi connectivity index (χ4n) is 3.93. The second kappa shape index (κ2) is 8.55. The van der Waals surface area contributed by atoms with Gasteiger partial charge in [-0.1, -0.05) is 48.0 Å². The average Bonchev–Trinajstić information content (AvgIpc) is 2.85. The van der Waals surface area contributed by atoms with Crippen LogP contribution in [0.3, 0.4) is 0 Å². The van der Waals surface area contributed by atoms with Crippen molar-refractivity contribution in [3.05, 3.63) is 98.2 Å². The van der Waals surface area contributed by atoms with Gasteiger partial charge >= 0.3 is 5.63 Å². The molecule has 0 radical (unpaired) electrons. The fraction of sp³-hybridized carbons (Fsp3) is 0.167. The summed E-state index contributed by atoms with van der Waals surface area (Å²) in [5.41, 5.74) is 0.529. The summed E-state index contributed by atoms with van der Waals surface area (Å²) in [6.45, 7) is 1.62. The highest BCUT2D eigenvalue weighted by Crippen LogP contribution is 2.23. The lowest BCUT2D eigenvalue weighted by Crippen LogP contribution is -2.50. The van der Waals surface area contributed by atoms with Gasteiger partial charge in [0.25, 0.3) is 11.5 Å². The number of carbonyl (C=O) groups excluding carboxylic acids is 1. The molecule has 0 saturated carbocycles. The molecule has 1 aliphatic rings. The number of amides is 1. The van der Waals surface area contributed by atoms with Crippen molar-refractivity contribution in [2.45, 2.75) is 0 Å². The van der Waals surface area contributed by atoms with Crippen LogP contribution in [0.15, 0.2) is 80.9 Å². The van der Waals surface area contributed by atoms with E-state index in [9.17, 15) is 14.4 Å². The predicted molar refractivity (Wildman–Crippen MR) is 125 cm³/mol. The van der Waals surface area contributed by atoms with Gasteiger partial charge in [0.2, 0.25) is 0 Å². The quantitative estimate of drug-likeness (QED) is 0.435. The Morgan fingerprint density at radius 3 is 2.39 bits per heavy atom. The van der Waals surface area contributed by atoms with Crippen LogP contribution in [0.2, 0.25) is 5.02 Å². The summed E-state index contributed by atoms with van der Waals surface area (Å²) in [6, 6.07) is 17.7. The number of fused-ring (bicyclic) bond motifs is 1. The van der Waals surface area contributed by atoms with E-state index in [0.29, 0.717) is 48.5 Å². The van der Waals surface area contributed by atoms with E-state index in [1.807, 2.05) is 29.2 Å². The minimum Gasteiger partial charge on any atom is -0.422 e. The molecule has 0 N–H and O–H groups in total. The van der Waals surface area contributed by atoms with E-state index in [4.69, 9.17) is 16.0 Å². The number of carbonyl (C=O) groups is 1. The SMILES string of the molecule is O=C(c1cc2ccccc2oc1=O)N1CCN(c2cnn(-c3ccccc3)c(=O)c2Cl)CC1. The summed E-state index contributed by atoms with van der Waals surface area (Å²) < 4.78 is 6.55. The van der Waals surface area contributed by atoms with Gasteiger partial charge in [0.1, 0.15) is 16.2 Å². The zero-order chi connectivity index (χ0) is 22.9. The topological polar surface area (TPSA) is 88.7 Å². The van der Waals surface area contributed by atoms with Crippen LogP contribution in [-0.2, 0) is 0 Å². The van der Waals surface area contributed by atoms with Gasteiger partial charge in [0, 0.05) is 31.6 Å². The number of aromatic nitrogens is 2. The number of halogens is 1. The van der Waals surface area contributed by atoms with Crippen molar-refractivity contribution in [3.63, 3.8) is 0 Å². The zero-order valence-electron chi connectivity index (χ0n) is 17.5. The number of benzene rings is 2. The Kier molecular flexibility index (Phi) is 5.43. The molecule has 9 heteroatoms. The first-order valence-corrected chi connectivity index (χ1v) is 10.8. The number of rotatable bonds is 3. The third-order valence-electron chi connectivity index (χ3n) is 5.68. The van der Waals surface area contributed by atoms with Crippen LogP contribution in [0.25, 0.3) is 16.7 Å². The lowest BCUT2D eigenvalue weighted by molar-refractivity contribution is 0.0742. The molecular formula is C24H19ClN4O4.